The molecule has 4 aromatic rings. The highest BCUT2D eigenvalue weighted by molar-refractivity contribution is 14.1. The second-order valence-corrected chi connectivity index (χ2v) is 19.9. The van der Waals surface area contributed by atoms with Gasteiger partial charge in [0.15, 0.2) is 19.9 Å². The van der Waals surface area contributed by atoms with Crippen LogP contribution in [0.5, 0.6) is 0 Å². The summed E-state index contributed by atoms with van der Waals surface area (Å²) in [6.07, 6.45) is 8.60. The van der Waals surface area contributed by atoms with Crippen molar-refractivity contribution in [1.82, 2.24) is 24.5 Å². The first-order valence-corrected chi connectivity index (χ1v) is 19.8. The zero-order valence-electron chi connectivity index (χ0n) is 26.9. The summed E-state index contributed by atoms with van der Waals surface area (Å²) >= 11 is 8.90. The van der Waals surface area contributed by atoms with Crippen LogP contribution in [-0.4, -0.2) is 57.3 Å². The molecule has 8 nitrogen and oxygen atoms in total. The van der Waals surface area contributed by atoms with E-state index in [1.54, 1.807) is 18.5 Å². The fourth-order valence-corrected chi connectivity index (χ4v) is 7.98. The number of rotatable bonds is 9. The first kappa shape index (κ1) is 33.9. The predicted molar refractivity (Wildman–Crippen MR) is 189 cm³/mol. The average Bonchev–Trinajstić information content (AvgIpc) is 3.32. The van der Waals surface area contributed by atoms with Crippen molar-refractivity contribution in [3.05, 3.63) is 63.0 Å². The molecule has 0 amide bonds. The molecule has 0 bridgehead atoms. The van der Waals surface area contributed by atoms with Crippen LogP contribution in [0, 0.1) is 15.3 Å². The highest BCUT2D eigenvalue weighted by atomic mass is 127. The Morgan fingerprint density at radius 2 is 1.80 bits per heavy atom. The first-order chi connectivity index (χ1) is 21.2. The molecule has 0 spiro atoms. The molecule has 0 aromatic carbocycles. The van der Waals surface area contributed by atoms with Gasteiger partial charge in [-0.15, -0.1) is 0 Å². The minimum Gasteiger partial charge on any atom is -0.417 e. The number of ketones is 1. The molecule has 1 aliphatic rings. The van der Waals surface area contributed by atoms with Gasteiger partial charge in [-0.05, 0) is 92.0 Å². The number of pyridine rings is 2. The second-order valence-electron chi connectivity index (χ2n) is 13.6. The van der Waals surface area contributed by atoms with E-state index in [-0.39, 0.29) is 34.6 Å². The molecule has 0 saturated carbocycles. The lowest BCUT2D eigenvalue weighted by Crippen LogP contribution is -2.49. The van der Waals surface area contributed by atoms with Crippen molar-refractivity contribution in [2.45, 2.75) is 90.6 Å². The quantitative estimate of drug-likeness (QED) is 0.0731. The molecule has 1 saturated heterocycles. The Labute approximate surface area is 284 Å². The Morgan fingerprint density at radius 3 is 2.42 bits per heavy atom. The maximum Gasteiger partial charge on any atom is 0.191 e. The van der Waals surface area contributed by atoms with Crippen LogP contribution in [0.15, 0.2) is 43.0 Å². The summed E-state index contributed by atoms with van der Waals surface area (Å²) in [6.45, 7) is 16.7. The summed E-state index contributed by atoms with van der Waals surface area (Å²) in [5.74, 6) is 0.723. The highest BCUT2D eigenvalue weighted by Crippen LogP contribution is 2.39. The molecule has 4 aromatic heterocycles. The largest absolute Gasteiger partial charge is 0.417 e. The van der Waals surface area contributed by atoms with Crippen LogP contribution in [0.4, 0.5) is 10.2 Å². The molecule has 2 atom stereocenters. The van der Waals surface area contributed by atoms with Crippen molar-refractivity contribution in [2.24, 2.45) is 5.92 Å². The summed E-state index contributed by atoms with van der Waals surface area (Å²) in [4.78, 5) is 34.6. The van der Waals surface area contributed by atoms with E-state index in [4.69, 9.17) is 21.0 Å². The minimum absolute atomic E-state index is 0.0403. The standard InChI is InChI=1S/C33H41ClFIN6O2Si/c1-20-14-22(15-21(2)42(20)32-27(36)16-23(35)18-39-32)29(43)25-19-41(12-9-13-44-45(6,7)33(3,4)5)31-24(25)17-26(34)28(40-31)30-37-10-8-11-38-30/h8,10-11,16-22H,9,12-15H2,1-7H3/t20-,21-/m1/s1. The number of carbonyl (C=O) groups excluding carboxylic acids is 1. The van der Waals surface area contributed by atoms with Crippen molar-refractivity contribution in [1.29, 1.82) is 0 Å². The normalized spacial score (nSPS) is 19.3. The Morgan fingerprint density at radius 1 is 1.13 bits per heavy atom. The number of nitrogens with zero attached hydrogens (tertiary/aromatic N) is 6. The molecule has 5 heterocycles. The first-order valence-electron chi connectivity index (χ1n) is 15.4. The SMILES string of the molecule is C[C@@H]1CC(C(=O)c2cn(CCCO[Si](C)(C)C(C)(C)C)c3nc(-c4ncccn4)c(Cl)cc23)C[C@@H](C)N1c1ncc(F)cc1I. The summed E-state index contributed by atoms with van der Waals surface area (Å²) in [5, 5.41) is 1.26. The lowest BCUT2D eigenvalue weighted by atomic mass is 9.82. The highest BCUT2D eigenvalue weighted by Gasteiger charge is 2.38. The van der Waals surface area contributed by atoms with Crippen LogP contribution in [-0.2, 0) is 11.0 Å². The number of carbonyl (C=O) groups is 1. The van der Waals surface area contributed by atoms with E-state index in [2.05, 4.69) is 90.2 Å². The molecule has 5 rings (SSSR count). The van der Waals surface area contributed by atoms with E-state index in [0.717, 1.165) is 21.2 Å². The maximum atomic E-state index is 14.3. The number of halogens is 3. The number of piperidine rings is 1. The molecule has 0 aliphatic carbocycles. The fourth-order valence-electron chi connectivity index (χ4n) is 5.94. The van der Waals surface area contributed by atoms with E-state index in [9.17, 15) is 9.18 Å². The average molecular weight is 763 g/mol. The molecule has 0 radical (unpaired) electrons. The van der Waals surface area contributed by atoms with Crippen molar-refractivity contribution < 1.29 is 13.6 Å². The Balaban J connectivity index is 1.45. The number of aromatic nitrogens is 5. The minimum atomic E-state index is -1.88. The van der Waals surface area contributed by atoms with Crippen LogP contribution >= 0.6 is 34.2 Å². The third-order valence-corrected chi connectivity index (χ3v) is 14.9. The van der Waals surface area contributed by atoms with Gasteiger partial charge in [0.1, 0.15) is 23.0 Å². The number of fused-ring (bicyclic) bond motifs is 1. The van der Waals surface area contributed by atoms with E-state index in [1.165, 1.54) is 12.3 Å². The van der Waals surface area contributed by atoms with Crippen LogP contribution in [0.1, 0.15) is 64.2 Å². The molecule has 0 N–H and O–H groups in total. The number of aryl methyl sites for hydroxylation is 1. The molecule has 240 valence electrons. The zero-order chi connectivity index (χ0) is 32.7. The number of Topliss-reactive ketones (excluding diaryl/α,β-unsaturated/α-hetero) is 1. The number of hydrogen-bond donors (Lipinski definition) is 0. The molecule has 45 heavy (non-hydrogen) atoms. The van der Waals surface area contributed by atoms with E-state index in [0.29, 0.717) is 53.7 Å². The monoisotopic (exact) mass is 762 g/mol. The van der Waals surface area contributed by atoms with E-state index >= 15 is 0 Å². The van der Waals surface area contributed by atoms with Gasteiger partial charge in [0.25, 0.3) is 0 Å². The van der Waals surface area contributed by atoms with Crippen LogP contribution in [0.25, 0.3) is 22.6 Å². The van der Waals surface area contributed by atoms with Gasteiger partial charge in [0, 0.05) is 60.7 Å². The topological polar surface area (TPSA) is 86.0 Å². The van der Waals surface area contributed by atoms with Crippen molar-refractivity contribution in [3.63, 3.8) is 0 Å². The van der Waals surface area contributed by atoms with Gasteiger partial charge in [0.05, 0.1) is 14.8 Å². The lowest BCUT2D eigenvalue weighted by Gasteiger charge is -2.43. The summed E-state index contributed by atoms with van der Waals surface area (Å²) in [5.41, 5.74) is 1.79. The molecule has 12 heteroatoms. The van der Waals surface area contributed by atoms with E-state index < -0.39 is 8.32 Å². The second kappa shape index (κ2) is 13.3. The summed E-state index contributed by atoms with van der Waals surface area (Å²) < 4.78 is 23.0. The molecule has 1 aliphatic heterocycles. The Hall–Kier alpha value is -2.48. The van der Waals surface area contributed by atoms with Crippen LogP contribution in [0.3, 0.4) is 0 Å². The zero-order valence-corrected chi connectivity index (χ0v) is 30.9. The van der Waals surface area contributed by atoms with Crippen molar-refractivity contribution >= 4 is 65.1 Å². The number of hydrogen-bond acceptors (Lipinski definition) is 7. The van der Waals surface area contributed by atoms with E-state index in [1.807, 2.05) is 16.8 Å². The van der Waals surface area contributed by atoms with Crippen LogP contribution in [0.2, 0.25) is 23.2 Å². The molecular weight excluding hydrogens is 722 g/mol. The van der Waals surface area contributed by atoms with Gasteiger partial charge in [-0.1, -0.05) is 32.4 Å². The maximum absolute atomic E-state index is 14.3. The lowest BCUT2D eigenvalue weighted by molar-refractivity contribution is 0.0878. The van der Waals surface area contributed by atoms with Gasteiger partial charge in [0.2, 0.25) is 0 Å². The summed E-state index contributed by atoms with van der Waals surface area (Å²) in [7, 11) is -1.88. The van der Waals surface area contributed by atoms with Gasteiger partial charge in [-0.3, -0.25) is 4.79 Å². The Bertz CT molecular complexity index is 1680. The molecule has 0 unspecified atom stereocenters. The molecule has 1 fully saturated rings. The van der Waals surface area contributed by atoms with Gasteiger partial charge < -0.3 is 13.9 Å². The smallest absolute Gasteiger partial charge is 0.191 e. The molecular formula is C33H41ClFIN6O2Si. The predicted octanol–water partition coefficient (Wildman–Crippen LogP) is 8.57. The Kier molecular flexibility index (Phi) is 10.0. The van der Waals surface area contributed by atoms with Crippen molar-refractivity contribution in [3.8, 4) is 11.5 Å². The summed E-state index contributed by atoms with van der Waals surface area (Å²) in [6, 6.07) is 5.16. The van der Waals surface area contributed by atoms with Crippen molar-refractivity contribution in [2.75, 3.05) is 11.5 Å². The van der Waals surface area contributed by atoms with Crippen LogP contribution < -0.4 is 4.90 Å². The van der Waals surface area contributed by atoms with Gasteiger partial charge in [-0.25, -0.2) is 24.3 Å². The third-order valence-electron chi connectivity index (χ3n) is 9.26. The fraction of sp³-hybridized carbons (Fsp3) is 0.485. The third kappa shape index (κ3) is 7.11. The number of anilines is 1. The van der Waals surface area contributed by atoms with Gasteiger partial charge >= 0.3 is 0 Å². The van der Waals surface area contributed by atoms with Gasteiger partial charge in [-0.2, -0.15) is 0 Å².